The molecule has 6 aromatic carbocycles. The first-order valence-electron chi connectivity index (χ1n) is 16.7. The summed E-state index contributed by atoms with van der Waals surface area (Å²) in [5.41, 5.74) is 4.69. The van der Waals surface area contributed by atoms with Gasteiger partial charge in [0.25, 0.3) is 0 Å². The van der Waals surface area contributed by atoms with Crippen LogP contribution in [0, 0.1) is 0 Å². The SMILES string of the molecule is [2H]c1c([2H])c([2H])c(-c2nc(-c3ccccc3)nc(-c3ccc4sc5cccc(-n6c7ccccc7c7ccccc76)c5c4c3)n2)c([2H])c1[2H]. The second-order valence-corrected chi connectivity index (χ2v) is 11.6. The molecule has 0 radical (unpaired) electrons. The summed E-state index contributed by atoms with van der Waals surface area (Å²) in [5.74, 6) is 0.696. The van der Waals surface area contributed by atoms with Crippen LogP contribution in [-0.4, -0.2) is 19.5 Å². The molecule has 0 saturated heterocycles. The quantitative estimate of drug-likeness (QED) is 0.206. The summed E-state index contributed by atoms with van der Waals surface area (Å²) in [6.07, 6.45) is 0. The van der Waals surface area contributed by atoms with E-state index in [1.165, 1.54) is 10.8 Å². The van der Waals surface area contributed by atoms with E-state index in [1.807, 2.05) is 36.4 Å². The normalized spacial score (nSPS) is 13.2. The molecule has 9 rings (SSSR count). The molecule has 0 spiro atoms. The number of hydrogen-bond acceptors (Lipinski definition) is 4. The van der Waals surface area contributed by atoms with Gasteiger partial charge in [0.1, 0.15) is 0 Å². The minimum atomic E-state index is -0.467. The number of aromatic nitrogens is 4. The molecule has 3 heterocycles. The maximum absolute atomic E-state index is 8.63. The lowest BCUT2D eigenvalue weighted by atomic mass is 10.1. The molecule has 0 saturated carbocycles. The first kappa shape index (κ1) is 20.3. The van der Waals surface area contributed by atoms with Crippen molar-refractivity contribution in [2.24, 2.45) is 0 Å². The molecule has 206 valence electrons. The van der Waals surface area contributed by atoms with Crippen LogP contribution in [0.4, 0.5) is 0 Å². The van der Waals surface area contributed by atoms with E-state index in [2.05, 4.69) is 88.4 Å². The molecule has 0 N–H and O–H groups in total. The van der Waals surface area contributed by atoms with Crippen LogP contribution in [-0.2, 0) is 0 Å². The molecule has 0 unspecified atom stereocenters. The fraction of sp³-hybridized carbons (Fsp3) is 0. The van der Waals surface area contributed by atoms with E-state index in [9.17, 15) is 0 Å². The van der Waals surface area contributed by atoms with Crippen molar-refractivity contribution in [1.82, 2.24) is 19.5 Å². The molecule has 0 amide bonds. The zero-order chi connectivity index (χ0) is 33.4. The smallest absolute Gasteiger partial charge is 0.164 e. The van der Waals surface area contributed by atoms with Gasteiger partial charge in [0.05, 0.1) is 23.6 Å². The first-order chi connectivity index (χ1) is 23.9. The lowest BCUT2D eigenvalue weighted by Crippen LogP contribution is -2.00. The van der Waals surface area contributed by atoms with E-state index in [1.54, 1.807) is 11.3 Å². The average Bonchev–Trinajstić information content (AvgIpc) is 3.69. The largest absolute Gasteiger partial charge is 0.309 e. The lowest BCUT2D eigenvalue weighted by Gasteiger charge is -2.11. The van der Waals surface area contributed by atoms with Crippen molar-refractivity contribution >= 4 is 53.3 Å². The number of fused-ring (bicyclic) bond motifs is 6. The third-order valence-electron chi connectivity index (χ3n) is 7.94. The van der Waals surface area contributed by atoms with E-state index in [0.717, 1.165) is 48.0 Å². The molecule has 9 aromatic rings. The van der Waals surface area contributed by atoms with Gasteiger partial charge in [-0.15, -0.1) is 11.3 Å². The summed E-state index contributed by atoms with van der Waals surface area (Å²) in [6.45, 7) is 0. The van der Waals surface area contributed by atoms with Gasteiger partial charge in [-0.25, -0.2) is 15.0 Å². The summed E-state index contributed by atoms with van der Waals surface area (Å²) >= 11 is 1.72. The van der Waals surface area contributed by atoms with Crippen LogP contribution in [0.5, 0.6) is 0 Å². The molecular formula is C39H24N4S. The number of hydrogen-bond donors (Lipinski definition) is 0. The van der Waals surface area contributed by atoms with Gasteiger partial charge in [-0.3, -0.25) is 0 Å². The van der Waals surface area contributed by atoms with Crippen molar-refractivity contribution in [3.63, 3.8) is 0 Å². The van der Waals surface area contributed by atoms with E-state index < -0.39 is 18.1 Å². The van der Waals surface area contributed by atoms with Crippen LogP contribution in [0.15, 0.2) is 145 Å². The molecule has 4 nitrogen and oxygen atoms in total. The third kappa shape index (κ3) is 3.94. The Morgan fingerprint density at radius 1 is 0.500 bits per heavy atom. The van der Waals surface area contributed by atoms with Crippen molar-refractivity contribution in [2.75, 3.05) is 0 Å². The summed E-state index contributed by atoms with van der Waals surface area (Å²) in [7, 11) is 0. The van der Waals surface area contributed by atoms with Crippen LogP contribution in [0.25, 0.3) is 81.8 Å². The molecular weight excluding hydrogens is 557 g/mol. The highest BCUT2D eigenvalue weighted by Gasteiger charge is 2.18. The van der Waals surface area contributed by atoms with Crippen molar-refractivity contribution in [3.8, 4) is 39.9 Å². The maximum Gasteiger partial charge on any atom is 0.164 e. The summed E-state index contributed by atoms with van der Waals surface area (Å²) in [5, 5.41) is 4.53. The molecule has 0 aliphatic carbocycles. The Kier molecular flexibility index (Phi) is 4.60. The van der Waals surface area contributed by atoms with Crippen LogP contribution < -0.4 is 0 Å². The van der Waals surface area contributed by atoms with Crippen molar-refractivity contribution in [2.45, 2.75) is 0 Å². The lowest BCUT2D eigenvalue weighted by molar-refractivity contribution is 1.07. The summed E-state index contributed by atoms with van der Waals surface area (Å²) in [4.78, 5) is 14.3. The van der Waals surface area contributed by atoms with Crippen LogP contribution >= 0.6 is 11.3 Å². The molecule has 44 heavy (non-hydrogen) atoms. The minimum Gasteiger partial charge on any atom is -0.309 e. The van der Waals surface area contributed by atoms with Gasteiger partial charge >= 0.3 is 0 Å². The molecule has 5 heteroatoms. The fourth-order valence-corrected chi connectivity index (χ4v) is 7.12. The van der Waals surface area contributed by atoms with Crippen molar-refractivity contribution in [1.29, 1.82) is 0 Å². The Bertz CT molecular complexity index is 2710. The van der Waals surface area contributed by atoms with Crippen molar-refractivity contribution < 1.29 is 6.85 Å². The Balaban J connectivity index is 1.31. The number of rotatable bonds is 4. The highest BCUT2D eigenvalue weighted by atomic mass is 32.1. The average molecular weight is 586 g/mol. The Labute approximate surface area is 264 Å². The van der Waals surface area contributed by atoms with Crippen LogP contribution in [0.1, 0.15) is 6.85 Å². The van der Waals surface area contributed by atoms with Gasteiger partial charge in [0, 0.05) is 47.6 Å². The zero-order valence-electron chi connectivity index (χ0n) is 28.2. The second kappa shape index (κ2) is 9.97. The van der Waals surface area contributed by atoms with Gasteiger partial charge in [-0.05, 0) is 42.5 Å². The first-order valence-corrected chi connectivity index (χ1v) is 15.0. The molecule has 3 aromatic heterocycles. The molecule has 0 aliphatic heterocycles. The van der Waals surface area contributed by atoms with Crippen LogP contribution in [0.3, 0.4) is 0 Å². The fourth-order valence-electron chi connectivity index (χ4n) is 6.01. The van der Waals surface area contributed by atoms with Crippen LogP contribution in [0.2, 0.25) is 0 Å². The predicted octanol–water partition coefficient (Wildman–Crippen LogP) is 10.3. The van der Waals surface area contributed by atoms with E-state index in [4.69, 9.17) is 16.8 Å². The van der Waals surface area contributed by atoms with Gasteiger partial charge in [0.15, 0.2) is 17.5 Å². The maximum atomic E-state index is 8.63. The molecule has 0 atom stereocenters. The van der Waals surface area contributed by atoms with Gasteiger partial charge < -0.3 is 4.57 Å². The Hall–Kier alpha value is -5.65. The number of nitrogens with zero attached hydrogens (tertiary/aromatic N) is 4. The van der Waals surface area contributed by atoms with E-state index >= 15 is 0 Å². The summed E-state index contributed by atoms with van der Waals surface area (Å²) < 4.78 is 46.5. The number of thiophene rings is 1. The van der Waals surface area contributed by atoms with E-state index in [0.29, 0.717) is 11.6 Å². The van der Waals surface area contributed by atoms with Gasteiger partial charge in [-0.1, -0.05) is 103 Å². The zero-order valence-corrected chi connectivity index (χ0v) is 24.0. The molecule has 0 fully saturated rings. The Morgan fingerprint density at radius 2 is 1.14 bits per heavy atom. The monoisotopic (exact) mass is 585 g/mol. The Morgan fingerprint density at radius 3 is 1.86 bits per heavy atom. The summed E-state index contributed by atoms with van der Waals surface area (Å²) in [6, 6.07) is 36.8. The number of para-hydroxylation sites is 2. The minimum absolute atomic E-state index is 0.0158. The topological polar surface area (TPSA) is 43.6 Å². The van der Waals surface area contributed by atoms with Crippen molar-refractivity contribution in [3.05, 3.63) is 145 Å². The molecule has 0 bridgehead atoms. The predicted molar refractivity (Wildman–Crippen MR) is 183 cm³/mol. The molecule has 0 aliphatic rings. The van der Waals surface area contributed by atoms with Gasteiger partial charge in [-0.2, -0.15) is 0 Å². The second-order valence-electron chi connectivity index (χ2n) is 10.5. The van der Waals surface area contributed by atoms with E-state index in [-0.39, 0.29) is 23.5 Å². The highest BCUT2D eigenvalue weighted by molar-refractivity contribution is 7.25. The highest BCUT2D eigenvalue weighted by Crippen LogP contribution is 2.42. The van der Waals surface area contributed by atoms with Gasteiger partial charge in [0.2, 0.25) is 0 Å². The third-order valence-corrected chi connectivity index (χ3v) is 9.08. The number of benzene rings is 6. The standard InChI is InChI=1S/C39H24N4S/c1-3-12-25(13-4-1)37-40-38(26-14-5-2-6-15-26)42-39(41-37)27-22-23-34-30(24-27)36-33(20-11-21-35(36)44-34)43-31-18-9-7-16-28(31)29-17-8-10-19-32(29)43/h1-24H/i1D,3D,4D,12D,13D.